The van der Waals surface area contributed by atoms with Crippen molar-refractivity contribution >= 4 is 11.6 Å². The number of aromatic nitrogens is 2. The summed E-state index contributed by atoms with van der Waals surface area (Å²) in [4.78, 5) is 10.8. The topological polar surface area (TPSA) is 79.1 Å². The summed E-state index contributed by atoms with van der Waals surface area (Å²) >= 11 is 0. The maximum atomic E-state index is 5.46. The third-order valence-corrected chi connectivity index (χ3v) is 3.14. The van der Waals surface area contributed by atoms with E-state index in [0.29, 0.717) is 5.82 Å². The van der Waals surface area contributed by atoms with Gasteiger partial charge in [0, 0.05) is 18.7 Å². The Morgan fingerprint density at radius 3 is 2.47 bits per heavy atom. The molecule has 4 N–H and O–H groups in total. The van der Waals surface area contributed by atoms with Crippen molar-refractivity contribution in [1.82, 2.24) is 14.9 Å². The van der Waals surface area contributed by atoms with Crippen LogP contribution in [0.15, 0.2) is 6.33 Å². The number of nitrogen functional groups attached to an aromatic ring is 1. The molecule has 0 aliphatic rings. The van der Waals surface area contributed by atoms with Gasteiger partial charge in [-0.15, -0.1) is 0 Å². The molecule has 0 aliphatic heterocycles. The lowest BCUT2D eigenvalue weighted by Gasteiger charge is -2.20. The highest BCUT2D eigenvalue weighted by molar-refractivity contribution is 5.56. The number of hydrogen-bond acceptors (Lipinski definition) is 6. The molecule has 1 aromatic heterocycles. The molecule has 0 radical (unpaired) electrons. The van der Waals surface area contributed by atoms with Crippen LogP contribution in [0, 0.1) is 0 Å². The number of rotatable bonds is 9. The first-order valence-corrected chi connectivity index (χ1v) is 7.03. The number of hydrazine groups is 1. The fourth-order valence-electron chi connectivity index (χ4n) is 2.10. The van der Waals surface area contributed by atoms with E-state index in [1.54, 1.807) is 0 Å². The number of likely N-dealkylation sites (N-methyl/N-ethyl adjacent to an activating group) is 1. The molecule has 1 heterocycles. The van der Waals surface area contributed by atoms with Gasteiger partial charge in [0.2, 0.25) is 0 Å². The zero-order valence-electron chi connectivity index (χ0n) is 12.2. The Morgan fingerprint density at radius 1 is 1.16 bits per heavy atom. The monoisotopic (exact) mass is 266 g/mol. The van der Waals surface area contributed by atoms with E-state index in [2.05, 4.69) is 46.4 Å². The lowest BCUT2D eigenvalue weighted by Crippen LogP contribution is -2.30. The van der Waals surface area contributed by atoms with E-state index in [9.17, 15) is 0 Å². The molecule has 19 heavy (non-hydrogen) atoms. The number of nitrogens with zero attached hydrogens (tertiary/aromatic N) is 3. The summed E-state index contributed by atoms with van der Waals surface area (Å²) in [6, 6.07) is 0. The van der Waals surface area contributed by atoms with Crippen molar-refractivity contribution in [1.29, 1.82) is 0 Å². The Kier molecular flexibility index (Phi) is 7.14. The Balaban J connectivity index is 2.57. The molecule has 0 spiro atoms. The molecule has 0 saturated carbocycles. The minimum absolute atomic E-state index is 0.695. The van der Waals surface area contributed by atoms with Gasteiger partial charge >= 0.3 is 0 Å². The van der Waals surface area contributed by atoms with Crippen molar-refractivity contribution in [2.24, 2.45) is 5.84 Å². The van der Waals surface area contributed by atoms with Gasteiger partial charge in [-0.1, -0.05) is 20.8 Å². The second-order valence-corrected chi connectivity index (χ2v) is 4.41. The van der Waals surface area contributed by atoms with E-state index in [-0.39, 0.29) is 0 Å². The van der Waals surface area contributed by atoms with Crippen LogP contribution in [-0.4, -0.2) is 41.0 Å². The third-order valence-electron chi connectivity index (χ3n) is 3.14. The van der Waals surface area contributed by atoms with Gasteiger partial charge in [-0.05, 0) is 25.9 Å². The molecule has 108 valence electrons. The Bertz CT molecular complexity index is 368. The van der Waals surface area contributed by atoms with E-state index < -0.39 is 0 Å². The molecule has 0 bridgehead atoms. The van der Waals surface area contributed by atoms with Crippen LogP contribution < -0.4 is 16.6 Å². The maximum Gasteiger partial charge on any atom is 0.148 e. The zero-order valence-corrected chi connectivity index (χ0v) is 12.2. The molecular formula is C13H26N6. The molecular weight excluding hydrogens is 240 g/mol. The number of nitrogens with two attached hydrogens (primary N) is 1. The van der Waals surface area contributed by atoms with E-state index in [1.165, 1.54) is 12.7 Å². The summed E-state index contributed by atoms with van der Waals surface area (Å²) in [5, 5.41) is 3.37. The van der Waals surface area contributed by atoms with Gasteiger partial charge in [0.25, 0.3) is 0 Å². The van der Waals surface area contributed by atoms with Crippen molar-refractivity contribution < 1.29 is 0 Å². The second-order valence-electron chi connectivity index (χ2n) is 4.41. The van der Waals surface area contributed by atoms with Crippen LogP contribution >= 0.6 is 0 Å². The maximum absolute atomic E-state index is 5.46. The molecule has 0 aromatic carbocycles. The first-order valence-electron chi connectivity index (χ1n) is 7.03. The normalized spacial score (nSPS) is 10.8. The van der Waals surface area contributed by atoms with Gasteiger partial charge in [-0.3, -0.25) is 0 Å². The molecule has 1 rings (SSSR count). The second kappa shape index (κ2) is 8.66. The summed E-state index contributed by atoms with van der Waals surface area (Å²) in [5.74, 6) is 7.03. The molecule has 0 aliphatic carbocycles. The molecule has 0 atom stereocenters. The van der Waals surface area contributed by atoms with E-state index in [4.69, 9.17) is 5.84 Å². The van der Waals surface area contributed by atoms with Gasteiger partial charge in [-0.25, -0.2) is 15.8 Å². The van der Waals surface area contributed by atoms with Crippen molar-refractivity contribution in [3.63, 3.8) is 0 Å². The fourth-order valence-corrected chi connectivity index (χ4v) is 2.10. The largest absolute Gasteiger partial charge is 0.368 e. The average molecular weight is 266 g/mol. The highest BCUT2D eigenvalue weighted by atomic mass is 15.3. The minimum Gasteiger partial charge on any atom is -0.368 e. The average Bonchev–Trinajstić information content (AvgIpc) is 2.45. The predicted molar refractivity (Wildman–Crippen MR) is 80.1 cm³/mol. The molecule has 0 saturated heterocycles. The molecule has 6 nitrogen and oxygen atoms in total. The summed E-state index contributed by atoms with van der Waals surface area (Å²) in [6.07, 6.45) is 3.55. The molecule has 0 amide bonds. The quantitative estimate of drug-likeness (QED) is 0.464. The minimum atomic E-state index is 0.695. The summed E-state index contributed by atoms with van der Waals surface area (Å²) in [7, 11) is 0. The molecule has 0 unspecified atom stereocenters. The summed E-state index contributed by atoms with van der Waals surface area (Å²) < 4.78 is 0. The Hall–Kier alpha value is -1.40. The fraction of sp³-hybridized carbons (Fsp3) is 0.692. The van der Waals surface area contributed by atoms with Crippen LogP contribution in [0.4, 0.5) is 11.6 Å². The first-order chi connectivity index (χ1) is 9.26. The molecule has 1 aromatic rings. The van der Waals surface area contributed by atoms with Crippen molar-refractivity contribution in [2.45, 2.75) is 33.6 Å². The molecule has 0 fully saturated rings. The van der Waals surface area contributed by atoms with E-state index in [1.807, 2.05) is 0 Å². The van der Waals surface area contributed by atoms with Gasteiger partial charge in [0.15, 0.2) is 0 Å². The lowest BCUT2D eigenvalue weighted by molar-refractivity contribution is 0.300. The predicted octanol–water partition coefficient (Wildman–Crippen LogP) is 1.47. The number of hydrogen-bond donors (Lipinski definition) is 3. The SMILES string of the molecule is CCCN(CC)CCNc1ncnc(NN)c1CC. The van der Waals surface area contributed by atoms with Gasteiger partial charge in [0.05, 0.1) is 0 Å². The van der Waals surface area contributed by atoms with Gasteiger partial charge in [0.1, 0.15) is 18.0 Å². The van der Waals surface area contributed by atoms with E-state index >= 15 is 0 Å². The Morgan fingerprint density at radius 2 is 1.89 bits per heavy atom. The number of anilines is 2. The van der Waals surface area contributed by atoms with Crippen molar-refractivity contribution in [2.75, 3.05) is 36.9 Å². The van der Waals surface area contributed by atoms with Crippen LogP contribution in [0.1, 0.15) is 32.8 Å². The lowest BCUT2D eigenvalue weighted by atomic mass is 10.2. The summed E-state index contributed by atoms with van der Waals surface area (Å²) in [6.45, 7) is 10.6. The molecule has 6 heteroatoms. The zero-order chi connectivity index (χ0) is 14.1. The third kappa shape index (κ3) is 4.65. The smallest absolute Gasteiger partial charge is 0.148 e. The van der Waals surface area contributed by atoms with Crippen molar-refractivity contribution in [3.8, 4) is 0 Å². The Labute approximate surface area is 115 Å². The van der Waals surface area contributed by atoms with Gasteiger partial charge < -0.3 is 15.6 Å². The number of nitrogens with one attached hydrogen (secondary N) is 2. The van der Waals surface area contributed by atoms with Crippen LogP contribution in [0.2, 0.25) is 0 Å². The van der Waals surface area contributed by atoms with Crippen LogP contribution in [-0.2, 0) is 6.42 Å². The van der Waals surface area contributed by atoms with E-state index in [0.717, 1.165) is 44.0 Å². The first kappa shape index (κ1) is 15.7. The van der Waals surface area contributed by atoms with Crippen molar-refractivity contribution in [3.05, 3.63) is 11.9 Å². The van der Waals surface area contributed by atoms with Gasteiger partial charge in [-0.2, -0.15) is 0 Å². The van der Waals surface area contributed by atoms with Crippen LogP contribution in [0.5, 0.6) is 0 Å². The van der Waals surface area contributed by atoms with Crippen LogP contribution in [0.3, 0.4) is 0 Å². The standard InChI is InChI=1S/C13H26N6/c1-4-8-19(6-3)9-7-15-12-11(5-2)13(18-14)17-10-16-12/h10H,4-9,14H2,1-3H3,(H2,15,16,17,18). The highest BCUT2D eigenvalue weighted by Crippen LogP contribution is 2.19. The van der Waals surface area contributed by atoms with Crippen LogP contribution in [0.25, 0.3) is 0 Å². The highest BCUT2D eigenvalue weighted by Gasteiger charge is 2.08. The summed E-state index contributed by atoms with van der Waals surface area (Å²) in [5.41, 5.74) is 3.65.